The minimum atomic E-state index is -0.326. The molecule has 1 aliphatic heterocycles. The van der Waals surface area contributed by atoms with E-state index in [1.54, 1.807) is 29.2 Å². The van der Waals surface area contributed by atoms with Crippen LogP contribution in [-0.4, -0.2) is 20.9 Å². The Balaban J connectivity index is 1.57. The number of benzene rings is 2. The van der Waals surface area contributed by atoms with E-state index in [2.05, 4.69) is 10.1 Å². The molecule has 1 fully saturated rings. The van der Waals surface area contributed by atoms with Crippen LogP contribution in [0.3, 0.4) is 0 Å². The number of amides is 1. The fourth-order valence-corrected chi connectivity index (χ4v) is 3.19. The lowest BCUT2D eigenvalue weighted by Gasteiger charge is -2.22. The van der Waals surface area contributed by atoms with Crippen molar-refractivity contribution in [1.82, 2.24) is 15.0 Å². The molecule has 1 unspecified atom stereocenters. The highest BCUT2D eigenvalue weighted by Crippen LogP contribution is 2.34. The van der Waals surface area contributed by atoms with Crippen LogP contribution in [0.25, 0.3) is 11.4 Å². The van der Waals surface area contributed by atoms with E-state index in [9.17, 15) is 9.18 Å². The van der Waals surface area contributed by atoms with Crippen LogP contribution in [0.15, 0.2) is 53.1 Å². The topological polar surface area (TPSA) is 59.2 Å². The highest BCUT2D eigenvalue weighted by atomic mass is 35.5. The SMILES string of the molecule is O=C1CCC(c2nc(-c3ccc(F)cc3)no2)N1Cc1ccc(Cl)cc1. The van der Waals surface area contributed by atoms with Crippen molar-refractivity contribution in [3.8, 4) is 11.4 Å². The zero-order valence-electron chi connectivity index (χ0n) is 13.7. The Morgan fingerprint density at radius 3 is 2.62 bits per heavy atom. The minimum absolute atomic E-state index is 0.0477. The summed E-state index contributed by atoms with van der Waals surface area (Å²) >= 11 is 5.92. The van der Waals surface area contributed by atoms with Gasteiger partial charge in [0.2, 0.25) is 17.6 Å². The van der Waals surface area contributed by atoms with Crippen LogP contribution >= 0.6 is 11.6 Å². The molecule has 0 spiro atoms. The summed E-state index contributed by atoms with van der Waals surface area (Å²) in [5.41, 5.74) is 1.64. The van der Waals surface area contributed by atoms with E-state index in [1.807, 2.05) is 12.1 Å². The zero-order chi connectivity index (χ0) is 18.1. The number of carbonyl (C=O) groups is 1. The smallest absolute Gasteiger partial charge is 0.249 e. The lowest BCUT2D eigenvalue weighted by Crippen LogP contribution is -2.27. The van der Waals surface area contributed by atoms with E-state index in [-0.39, 0.29) is 17.8 Å². The highest BCUT2D eigenvalue weighted by molar-refractivity contribution is 6.30. The maximum Gasteiger partial charge on any atom is 0.249 e. The molecule has 2 aromatic carbocycles. The van der Waals surface area contributed by atoms with Gasteiger partial charge in [0, 0.05) is 23.6 Å². The summed E-state index contributed by atoms with van der Waals surface area (Å²) in [5.74, 6) is 0.495. The molecule has 4 rings (SSSR count). The van der Waals surface area contributed by atoms with E-state index in [0.717, 1.165) is 5.56 Å². The Labute approximate surface area is 154 Å². The van der Waals surface area contributed by atoms with Gasteiger partial charge in [-0.05, 0) is 48.4 Å². The molecule has 1 aliphatic rings. The fraction of sp³-hybridized carbons (Fsp3) is 0.211. The van der Waals surface area contributed by atoms with Crippen LogP contribution in [0.1, 0.15) is 30.3 Å². The van der Waals surface area contributed by atoms with E-state index in [0.29, 0.717) is 41.7 Å². The monoisotopic (exact) mass is 371 g/mol. The van der Waals surface area contributed by atoms with Crippen molar-refractivity contribution in [2.45, 2.75) is 25.4 Å². The Bertz CT molecular complexity index is 925. The second-order valence-electron chi connectivity index (χ2n) is 6.17. The first-order valence-electron chi connectivity index (χ1n) is 8.23. The first-order chi connectivity index (χ1) is 12.6. The lowest BCUT2D eigenvalue weighted by atomic mass is 10.1. The van der Waals surface area contributed by atoms with Crippen molar-refractivity contribution in [1.29, 1.82) is 0 Å². The van der Waals surface area contributed by atoms with E-state index >= 15 is 0 Å². The maximum atomic E-state index is 13.1. The van der Waals surface area contributed by atoms with Crippen LogP contribution < -0.4 is 0 Å². The second-order valence-corrected chi connectivity index (χ2v) is 6.60. The van der Waals surface area contributed by atoms with Gasteiger partial charge in [0.25, 0.3) is 0 Å². The summed E-state index contributed by atoms with van der Waals surface area (Å²) in [6.45, 7) is 0.453. The summed E-state index contributed by atoms with van der Waals surface area (Å²) in [5, 5.41) is 4.63. The standard InChI is InChI=1S/C19H15ClFN3O2/c20-14-5-1-12(2-6-14)11-24-16(9-10-17(24)25)19-22-18(23-26-19)13-3-7-15(21)8-4-13/h1-8,16H,9-11H2. The molecule has 0 bridgehead atoms. The third-order valence-corrected chi connectivity index (χ3v) is 4.68. The molecular formula is C19H15ClFN3O2. The number of halogens is 2. The van der Waals surface area contributed by atoms with Gasteiger partial charge in [-0.15, -0.1) is 0 Å². The average Bonchev–Trinajstić information content (AvgIpc) is 3.25. The van der Waals surface area contributed by atoms with Crippen molar-refractivity contribution in [3.05, 3.63) is 70.8 Å². The molecular weight excluding hydrogens is 357 g/mol. The molecule has 0 saturated carbocycles. The molecule has 0 radical (unpaired) electrons. The molecule has 132 valence electrons. The Kier molecular flexibility index (Phi) is 4.42. The lowest BCUT2D eigenvalue weighted by molar-refractivity contribution is -0.129. The van der Waals surface area contributed by atoms with Gasteiger partial charge in [-0.3, -0.25) is 4.79 Å². The predicted octanol–water partition coefficient (Wildman–Crippen LogP) is 4.39. The number of nitrogens with zero attached hydrogens (tertiary/aromatic N) is 3. The molecule has 2 heterocycles. The van der Waals surface area contributed by atoms with Gasteiger partial charge in [0.1, 0.15) is 11.9 Å². The third-order valence-electron chi connectivity index (χ3n) is 4.42. The Morgan fingerprint density at radius 1 is 1.15 bits per heavy atom. The Hall–Kier alpha value is -2.73. The summed E-state index contributed by atoms with van der Waals surface area (Å²) in [6, 6.07) is 13.0. The quantitative estimate of drug-likeness (QED) is 0.682. The maximum absolute atomic E-state index is 13.1. The summed E-state index contributed by atoms with van der Waals surface area (Å²) in [6.07, 6.45) is 1.06. The van der Waals surface area contributed by atoms with E-state index < -0.39 is 0 Å². The molecule has 1 atom stereocenters. The summed E-state index contributed by atoms with van der Waals surface area (Å²) in [4.78, 5) is 18.5. The van der Waals surface area contributed by atoms with Crippen molar-refractivity contribution >= 4 is 17.5 Å². The largest absolute Gasteiger partial charge is 0.337 e. The molecule has 0 aliphatic carbocycles. The number of hydrogen-bond acceptors (Lipinski definition) is 4. The first kappa shape index (κ1) is 16.7. The third kappa shape index (κ3) is 3.32. The molecule has 5 nitrogen and oxygen atoms in total. The predicted molar refractivity (Wildman–Crippen MR) is 93.7 cm³/mol. The highest BCUT2D eigenvalue weighted by Gasteiger charge is 2.36. The van der Waals surface area contributed by atoms with Gasteiger partial charge in [-0.2, -0.15) is 4.98 Å². The van der Waals surface area contributed by atoms with Gasteiger partial charge < -0.3 is 9.42 Å². The van der Waals surface area contributed by atoms with E-state index in [1.165, 1.54) is 12.1 Å². The molecule has 1 amide bonds. The van der Waals surface area contributed by atoms with Crippen molar-refractivity contribution in [3.63, 3.8) is 0 Å². The summed E-state index contributed by atoms with van der Waals surface area (Å²) < 4.78 is 18.5. The minimum Gasteiger partial charge on any atom is -0.337 e. The van der Waals surface area contributed by atoms with Gasteiger partial charge in [0.05, 0.1) is 0 Å². The van der Waals surface area contributed by atoms with Crippen LogP contribution in [0.2, 0.25) is 5.02 Å². The number of aromatic nitrogens is 2. The zero-order valence-corrected chi connectivity index (χ0v) is 14.5. The van der Waals surface area contributed by atoms with Crippen LogP contribution in [0, 0.1) is 5.82 Å². The second kappa shape index (κ2) is 6.88. The fourth-order valence-electron chi connectivity index (χ4n) is 3.06. The average molecular weight is 372 g/mol. The Morgan fingerprint density at radius 2 is 1.88 bits per heavy atom. The molecule has 3 aromatic rings. The summed E-state index contributed by atoms with van der Waals surface area (Å²) in [7, 11) is 0. The van der Waals surface area contributed by atoms with Crippen LogP contribution in [-0.2, 0) is 11.3 Å². The molecule has 7 heteroatoms. The molecule has 0 N–H and O–H groups in total. The van der Waals surface area contributed by atoms with E-state index in [4.69, 9.17) is 16.1 Å². The normalized spacial score (nSPS) is 17.1. The first-order valence-corrected chi connectivity index (χ1v) is 8.61. The van der Waals surface area contributed by atoms with Crippen molar-refractivity contribution < 1.29 is 13.7 Å². The van der Waals surface area contributed by atoms with Gasteiger partial charge in [-0.1, -0.05) is 28.9 Å². The number of hydrogen-bond donors (Lipinski definition) is 0. The van der Waals surface area contributed by atoms with Crippen molar-refractivity contribution in [2.75, 3.05) is 0 Å². The van der Waals surface area contributed by atoms with Crippen LogP contribution in [0.4, 0.5) is 4.39 Å². The van der Waals surface area contributed by atoms with Gasteiger partial charge >= 0.3 is 0 Å². The van der Waals surface area contributed by atoms with Crippen LogP contribution in [0.5, 0.6) is 0 Å². The van der Waals surface area contributed by atoms with Crippen molar-refractivity contribution in [2.24, 2.45) is 0 Å². The number of likely N-dealkylation sites (tertiary alicyclic amines) is 1. The number of rotatable bonds is 4. The van der Waals surface area contributed by atoms with Gasteiger partial charge in [0.15, 0.2) is 0 Å². The molecule has 26 heavy (non-hydrogen) atoms. The number of carbonyl (C=O) groups excluding carboxylic acids is 1. The molecule has 1 aromatic heterocycles. The van der Waals surface area contributed by atoms with Gasteiger partial charge in [-0.25, -0.2) is 4.39 Å². The molecule has 1 saturated heterocycles.